The maximum Gasteiger partial charge on any atom is 2.00 e. The molecule has 2 aromatic rings. The number of hydrogen-bond donors (Lipinski definition) is 0. The standard InChI is InChI=1S/2C5H5.C2H4.CH4.Zr/c2*1-2-4-5-3-1;1-2;;/h2*1-5H;1-2H2;1H4;/q2*-1;;;+2. The third-order valence-corrected chi connectivity index (χ3v) is 1.11. The van der Waals surface area contributed by atoms with E-state index >= 15 is 0 Å². The molecule has 1 heteroatoms. The van der Waals surface area contributed by atoms with Gasteiger partial charge in [-0.2, -0.15) is 36.4 Å². The average molecular weight is 266 g/mol. The van der Waals surface area contributed by atoms with Gasteiger partial charge in [-0.05, 0) is 0 Å². The topological polar surface area (TPSA) is 0 Å². The van der Waals surface area contributed by atoms with E-state index in [0.717, 1.165) is 0 Å². The van der Waals surface area contributed by atoms with Crippen molar-refractivity contribution in [3.8, 4) is 0 Å². The van der Waals surface area contributed by atoms with Crippen molar-refractivity contribution in [3.63, 3.8) is 0 Å². The van der Waals surface area contributed by atoms with Gasteiger partial charge in [0.2, 0.25) is 0 Å². The third kappa shape index (κ3) is 13.9. The minimum Gasteiger partial charge on any atom is -0.214 e. The van der Waals surface area contributed by atoms with E-state index in [-0.39, 0.29) is 33.6 Å². The predicted octanol–water partition coefficient (Wildman–Crippen LogP) is 4.25. The van der Waals surface area contributed by atoms with Crippen LogP contribution in [0.15, 0.2) is 73.8 Å². The van der Waals surface area contributed by atoms with Gasteiger partial charge in [-0.25, -0.2) is 24.3 Å². The second kappa shape index (κ2) is 18.2. The summed E-state index contributed by atoms with van der Waals surface area (Å²) < 4.78 is 0. The van der Waals surface area contributed by atoms with Crippen LogP contribution in [0.5, 0.6) is 0 Å². The molecule has 0 aliphatic heterocycles. The van der Waals surface area contributed by atoms with Gasteiger partial charge in [0.15, 0.2) is 0 Å². The molecular weight excluding hydrogens is 247 g/mol. The molecule has 0 aliphatic rings. The molecule has 0 aromatic heterocycles. The molecule has 0 nitrogen and oxygen atoms in total. The van der Waals surface area contributed by atoms with Crippen LogP contribution in [0.25, 0.3) is 0 Å². The molecule has 0 atom stereocenters. The summed E-state index contributed by atoms with van der Waals surface area (Å²) in [6, 6.07) is 20.0. The molecule has 0 amide bonds. The predicted molar refractivity (Wildman–Crippen MR) is 62.1 cm³/mol. The molecular formula is C13H18Zr. The first-order chi connectivity index (χ1) is 6.00. The second-order valence-electron chi connectivity index (χ2n) is 1.92. The van der Waals surface area contributed by atoms with Gasteiger partial charge in [0.1, 0.15) is 0 Å². The molecule has 0 bridgehead atoms. The van der Waals surface area contributed by atoms with E-state index in [0.29, 0.717) is 0 Å². The Labute approximate surface area is 107 Å². The molecule has 2 aromatic carbocycles. The van der Waals surface area contributed by atoms with E-state index in [1.807, 2.05) is 60.7 Å². The molecule has 0 radical (unpaired) electrons. The molecule has 2 rings (SSSR count). The summed E-state index contributed by atoms with van der Waals surface area (Å²) >= 11 is 0. The van der Waals surface area contributed by atoms with E-state index in [1.165, 1.54) is 0 Å². The average Bonchev–Trinajstić information content (AvgIpc) is 2.87. The molecule has 0 fully saturated rings. The Morgan fingerprint density at radius 3 is 0.929 bits per heavy atom. The zero-order valence-electron chi connectivity index (χ0n) is 7.69. The van der Waals surface area contributed by atoms with E-state index in [9.17, 15) is 0 Å². The molecule has 0 saturated heterocycles. The Morgan fingerprint density at radius 1 is 0.643 bits per heavy atom. The summed E-state index contributed by atoms with van der Waals surface area (Å²) in [4.78, 5) is 0. The van der Waals surface area contributed by atoms with E-state index in [1.54, 1.807) is 0 Å². The minimum absolute atomic E-state index is 0. The fourth-order valence-corrected chi connectivity index (χ4v) is 0.642. The largest absolute Gasteiger partial charge is 2.00 e. The van der Waals surface area contributed by atoms with Crippen LogP contribution in [0.3, 0.4) is 0 Å². The molecule has 0 heterocycles. The molecule has 74 valence electrons. The normalized spacial score (nSPS) is 6.00. The molecule has 14 heavy (non-hydrogen) atoms. The van der Waals surface area contributed by atoms with E-state index in [4.69, 9.17) is 0 Å². The van der Waals surface area contributed by atoms with Gasteiger partial charge >= 0.3 is 26.2 Å². The monoisotopic (exact) mass is 264 g/mol. The van der Waals surface area contributed by atoms with Crippen molar-refractivity contribution in [2.24, 2.45) is 0 Å². The van der Waals surface area contributed by atoms with Crippen molar-refractivity contribution in [2.75, 3.05) is 0 Å². The summed E-state index contributed by atoms with van der Waals surface area (Å²) in [5, 5.41) is 0. The summed E-state index contributed by atoms with van der Waals surface area (Å²) in [5.74, 6) is 0. The van der Waals surface area contributed by atoms with Gasteiger partial charge in [-0.15, -0.1) is 13.2 Å². The third-order valence-electron chi connectivity index (χ3n) is 1.11. The molecule has 0 aliphatic carbocycles. The van der Waals surface area contributed by atoms with E-state index in [2.05, 4.69) is 13.2 Å². The Balaban J connectivity index is -0.000000131. The number of rotatable bonds is 0. The fraction of sp³-hybridized carbons (Fsp3) is 0.0769. The van der Waals surface area contributed by atoms with Gasteiger partial charge in [0.05, 0.1) is 0 Å². The van der Waals surface area contributed by atoms with Crippen molar-refractivity contribution in [1.29, 1.82) is 0 Å². The minimum atomic E-state index is 0. The van der Waals surface area contributed by atoms with Crippen molar-refractivity contribution >= 4 is 0 Å². The molecule has 0 N–H and O–H groups in total. The van der Waals surface area contributed by atoms with Gasteiger partial charge in [-0.1, -0.05) is 7.43 Å². The summed E-state index contributed by atoms with van der Waals surface area (Å²) in [6.45, 7) is 6.00. The zero-order valence-corrected chi connectivity index (χ0v) is 10.1. The van der Waals surface area contributed by atoms with Crippen molar-refractivity contribution < 1.29 is 26.2 Å². The van der Waals surface area contributed by atoms with Crippen LogP contribution in [-0.2, 0) is 26.2 Å². The SMILES string of the molecule is C.C=C.[Zr+2].c1cc[cH-]c1.c1cc[cH-]c1. The van der Waals surface area contributed by atoms with Crippen LogP contribution in [-0.4, -0.2) is 0 Å². The number of hydrogen-bond acceptors (Lipinski definition) is 0. The summed E-state index contributed by atoms with van der Waals surface area (Å²) in [7, 11) is 0. The quantitative estimate of drug-likeness (QED) is 0.493. The molecule has 0 unspecified atom stereocenters. The maximum absolute atomic E-state index is 3.00. The summed E-state index contributed by atoms with van der Waals surface area (Å²) in [5.41, 5.74) is 0. The van der Waals surface area contributed by atoms with Gasteiger partial charge in [0, 0.05) is 0 Å². The van der Waals surface area contributed by atoms with E-state index < -0.39 is 0 Å². The van der Waals surface area contributed by atoms with Crippen LogP contribution in [0.2, 0.25) is 0 Å². The van der Waals surface area contributed by atoms with Crippen LogP contribution < -0.4 is 0 Å². The Morgan fingerprint density at radius 2 is 0.857 bits per heavy atom. The van der Waals surface area contributed by atoms with Crippen LogP contribution in [0.4, 0.5) is 0 Å². The van der Waals surface area contributed by atoms with Gasteiger partial charge in [0.25, 0.3) is 0 Å². The van der Waals surface area contributed by atoms with Gasteiger partial charge in [-0.3, -0.25) is 0 Å². The van der Waals surface area contributed by atoms with Crippen molar-refractivity contribution in [2.45, 2.75) is 7.43 Å². The first kappa shape index (κ1) is 19.0. The summed E-state index contributed by atoms with van der Waals surface area (Å²) in [6.07, 6.45) is 0. The van der Waals surface area contributed by atoms with Crippen molar-refractivity contribution in [3.05, 3.63) is 73.8 Å². The van der Waals surface area contributed by atoms with Gasteiger partial charge < -0.3 is 0 Å². The fourth-order valence-electron chi connectivity index (χ4n) is 0.642. The first-order valence-corrected chi connectivity index (χ1v) is 3.83. The molecule has 0 saturated carbocycles. The molecule has 0 spiro atoms. The first-order valence-electron chi connectivity index (χ1n) is 3.83. The van der Waals surface area contributed by atoms with Crippen molar-refractivity contribution in [1.82, 2.24) is 0 Å². The second-order valence-corrected chi connectivity index (χ2v) is 1.92. The maximum atomic E-state index is 3.00. The van der Waals surface area contributed by atoms with Crippen LogP contribution in [0.1, 0.15) is 7.43 Å². The Kier molecular flexibility index (Phi) is 24.7. The van der Waals surface area contributed by atoms with Crippen LogP contribution in [0, 0.1) is 0 Å². The Hall–Kier alpha value is -0.677. The Bertz CT molecular complexity index is 157. The smallest absolute Gasteiger partial charge is 0.214 e. The zero-order chi connectivity index (χ0) is 9.07. The van der Waals surface area contributed by atoms with Crippen LogP contribution >= 0.6 is 0 Å².